The van der Waals surface area contributed by atoms with E-state index >= 15 is 0 Å². The molecule has 0 saturated heterocycles. The van der Waals surface area contributed by atoms with Crippen LogP contribution in [0.15, 0.2) is 18.2 Å². The van der Waals surface area contributed by atoms with Gasteiger partial charge in [0, 0.05) is 22.0 Å². The maximum Gasteiger partial charge on any atom is 0.220 e. The van der Waals surface area contributed by atoms with E-state index in [9.17, 15) is 4.79 Å². The van der Waals surface area contributed by atoms with Gasteiger partial charge in [0.25, 0.3) is 0 Å². The second kappa shape index (κ2) is 8.73. The molecule has 0 bridgehead atoms. The molecule has 0 fully saturated rings. The summed E-state index contributed by atoms with van der Waals surface area (Å²) in [5.41, 5.74) is 6.00. The second-order valence-electron chi connectivity index (χ2n) is 5.24. The standard InChI is InChI=1S/C14H20Cl2N2O.ClH/c1-14(2,18-13(19)4-3-7-17)9-10-5-6-11(15)8-12(10)16;/h5-6,8H,3-4,7,9,17H2,1-2H3,(H,18,19);1H. The van der Waals surface area contributed by atoms with Crippen LogP contribution in [-0.4, -0.2) is 18.0 Å². The first-order chi connectivity index (χ1) is 8.84. The van der Waals surface area contributed by atoms with Crippen LogP contribution < -0.4 is 11.1 Å². The number of amides is 1. The minimum absolute atomic E-state index is 0. The third kappa shape index (κ3) is 6.80. The summed E-state index contributed by atoms with van der Waals surface area (Å²) in [7, 11) is 0. The van der Waals surface area contributed by atoms with Gasteiger partial charge >= 0.3 is 0 Å². The van der Waals surface area contributed by atoms with E-state index in [1.165, 1.54) is 0 Å². The molecule has 3 nitrogen and oxygen atoms in total. The van der Waals surface area contributed by atoms with Crippen molar-refractivity contribution in [3.8, 4) is 0 Å². The van der Waals surface area contributed by atoms with Crippen molar-refractivity contribution in [2.45, 2.75) is 38.6 Å². The number of carbonyl (C=O) groups excluding carboxylic acids is 1. The lowest BCUT2D eigenvalue weighted by Gasteiger charge is -2.27. The minimum Gasteiger partial charge on any atom is -0.351 e. The Morgan fingerprint density at radius 1 is 1.35 bits per heavy atom. The number of rotatable bonds is 6. The summed E-state index contributed by atoms with van der Waals surface area (Å²) in [6.07, 6.45) is 1.80. The average Bonchev–Trinajstić information content (AvgIpc) is 2.29. The lowest BCUT2D eigenvalue weighted by Crippen LogP contribution is -2.45. The molecule has 1 aromatic carbocycles. The molecular weight excluding hydrogens is 319 g/mol. The van der Waals surface area contributed by atoms with E-state index in [1.807, 2.05) is 19.9 Å². The number of nitrogens with one attached hydrogen (secondary N) is 1. The van der Waals surface area contributed by atoms with Crippen LogP contribution in [-0.2, 0) is 11.2 Å². The summed E-state index contributed by atoms with van der Waals surface area (Å²) in [5, 5.41) is 4.23. The van der Waals surface area contributed by atoms with E-state index < -0.39 is 0 Å². The Bertz CT molecular complexity index is 450. The highest BCUT2D eigenvalue weighted by molar-refractivity contribution is 6.35. The highest BCUT2D eigenvalue weighted by Crippen LogP contribution is 2.24. The first-order valence-corrected chi connectivity index (χ1v) is 7.04. The SMILES string of the molecule is CC(C)(Cc1ccc(Cl)cc1Cl)NC(=O)CCCN.Cl. The lowest BCUT2D eigenvalue weighted by atomic mass is 9.94. The Hall–Kier alpha value is -0.480. The van der Waals surface area contributed by atoms with Gasteiger partial charge in [-0.2, -0.15) is 0 Å². The number of carbonyl (C=O) groups is 1. The third-order valence-electron chi connectivity index (χ3n) is 2.73. The van der Waals surface area contributed by atoms with Crippen molar-refractivity contribution in [1.82, 2.24) is 5.32 Å². The average molecular weight is 340 g/mol. The van der Waals surface area contributed by atoms with Crippen molar-refractivity contribution in [2.24, 2.45) is 5.73 Å². The minimum atomic E-state index is -0.358. The molecular formula is C14H21Cl3N2O. The molecule has 6 heteroatoms. The molecule has 1 rings (SSSR count). The summed E-state index contributed by atoms with van der Waals surface area (Å²) in [4.78, 5) is 11.7. The van der Waals surface area contributed by atoms with Gasteiger partial charge in [-0.15, -0.1) is 12.4 Å². The van der Waals surface area contributed by atoms with E-state index in [0.717, 1.165) is 5.56 Å². The Balaban J connectivity index is 0.00000361. The van der Waals surface area contributed by atoms with Crippen LogP contribution in [0, 0.1) is 0 Å². The Morgan fingerprint density at radius 2 is 2.00 bits per heavy atom. The Kier molecular flexibility index (Phi) is 8.52. The summed E-state index contributed by atoms with van der Waals surface area (Å²) in [6.45, 7) is 4.47. The first kappa shape index (κ1) is 19.5. The van der Waals surface area contributed by atoms with Crippen molar-refractivity contribution >= 4 is 41.5 Å². The Morgan fingerprint density at radius 3 is 2.55 bits per heavy atom. The van der Waals surface area contributed by atoms with Gasteiger partial charge in [0.2, 0.25) is 5.91 Å². The van der Waals surface area contributed by atoms with Crippen molar-refractivity contribution < 1.29 is 4.79 Å². The number of hydrogen-bond donors (Lipinski definition) is 2. The zero-order chi connectivity index (χ0) is 14.5. The molecule has 20 heavy (non-hydrogen) atoms. The fourth-order valence-electron chi connectivity index (χ4n) is 1.89. The highest BCUT2D eigenvalue weighted by atomic mass is 35.5. The number of nitrogens with two attached hydrogens (primary N) is 1. The van der Waals surface area contributed by atoms with Crippen LogP contribution in [0.2, 0.25) is 10.0 Å². The summed E-state index contributed by atoms with van der Waals surface area (Å²) < 4.78 is 0. The zero-order valence-electron chi connectivity index (χ0n) is 11.7. The fraction of sp³-hybridized carbons (Fsp3) is 0.500. The van der Waals surface area contributed by atoms with Gasteiger partial charge in [-0.1, -0.05) is 29.3 Å². The molecule has 3 N–H and O–H groups in total. The maximum atomic E-state index is 11.7. The van der Waals surface area contributed by atoms with Crippen LogP contribution in [0.3, 0.4) is 0 Å². The van der Waals surface area contributed by atoms with Crippen molar-refractivity contribution in [1.29, 1.82) is 0 Å². The topological polar surface area (TPSA) is 55.1 Å². The van der Waals surface area contributed by atoms with Gasteiger partial charge in [-0.3, -0.25) is 4.79 Å². The van der Waals surface area contributed by atoms with Crippen LogP contribution in [0.5, 0.6) is 0 Å². The molecule has 0 unspecified atom stereocenters. The molecule has 1 aromatic rings. The van der Waals surface area contributed by atoms with E-state index in [2.05, 4.69) is 5.32 Å². The number of benzene rings is 1. The van der Waals surface area contributed by atoms with Gasteiger partial charge in [0.1, 0.15) is 0 Å². The zero-order valence-corrected chi connectivity index (χ0v) is 14.0. The molecule has 0 aliphatic carbocycles. The molecule has 0 aliphatic rings. The predicted molar refractivity (Wildman–Crippen MR) is 87.9 cm³/mol. The molecule has 0 aromatic heterocycles. The first-order valence-electron chi connectivity index (χ1n) is 6.29. The normalized spacial score (nSPS) is 10.8. The smallest absolute Gasteiger partial charge is 0.220 e. The summed E-state index contributed by atoms with van der Waals surface area (Å²) in [6, 6.07) is 5.40. The number of hydrogen-bond acceptors (Lipinski definition) is 2. The van der Waals surface area contributed by atoms with E-state index in [1.54, 1.807) is 12.1 Å². The largest absolute Gasteiger partial charge is 0.351 e. The Labute approximate surface area is 136 Å². The highest BCUT2D eigenvalue weighted by Gasteiger charge is 2.21. The molecule has 0 aliphatic heterocycles. The van der Waals surface area contributed by atoms with Crippen LogP contribution in [0.25, 0.3) is 0 Å². The molecule has 0 saturated carbocycles. The second-order valence-corrected chi connectivity index (χ2v) is 6.08. The lowest BCUT2D eigenvalue weighted by molar-refractivity contribution is -0.122. The fourth-order valence-corrected chi connectivity index (χ4v) is 2.36. The van der Waals surface area contributed by atoms with Crippen molar-refractivity contribution in [3.05, 3.63) is 33.8 Å². The molecule has 114 valence electrons. The monoisotopic (exact) mass is 338 g/mol. The van der Waals surface area contributed by atoms with Crippen LogP contribution in [0.4, 0.5) is 0 Å². The van der Waals surface area contributed by atoms with Crippen LogP contribution in [0.1, 0.15) is 32.3 Å². The van der Waals surface area contributed by atoms with Crippen molar-refractivity contribution in [3.63, 3.8) is 0 Å². The van der Waals surface area contributed by atoms with Gasteiger partial charge in [0.05, 0.1) is 0 Å². The van der Waals surface area contributed by atoms with E-state index in [0.29, 0.717) is 35.9 Å². The van der Waals surface area contributed by atoms with Gasteiger partial charge in [-0.05, 0) is 50.9 Å². The van der Waals surface area contributed by atoms with Gasteiger partial charge in [-0.25, -0.2) is 0 Å². The third-order valence-corrected chi connectivity index (χ3v) is 3.32. The summed E-state index contributed by atoms with van der Waals surface area (Å²) in [5.74, 6) is 0.0144. The predicted octanol–water partition coefficient (Wildman–Crippen LogP) is 3.59. The molecule has 0 spiro atoms. The van der Waals surface area contributed by atoms with E-state index in [4.69, 9.17) is 28.9 Å². The van der Waals surface area contributed by atoms with Crippen molar-refractivity contribution in [2.75, 3.05) is 6.54 Å². The molecule has 1 amide bonds. The van der Waals surface area contributed by atoms with E-state index in [-0.39, 0.29) is 23.9 Å². The number of halogens is 3. The van der Waals surface area contributed by atoms with Gasteiger partial charge < -0.3 is 11.1 Å². The quantitative estimate of drug-likeness (QED) is 0.832. The molecule has 0 radical (unpaired) electrons. The van der Waals surface area contributed by atoms with Gasteiger partial charge in [0.15, 0.2) is 0 Å². The maximum absolute atomic E-state index is 11.7. The van der Waals surface area contributed by atoms with Crippen LogP contribution >= 0.6 is 35.6 Å². The molecule has 0 heterocycles. The molecule has 0 atom stereocenters. The summed E-state index contributed by atoms with van der Waals surface area (Å²) >= 11 is 12.0.